The van der Waals surface area contributed by atoms with Crippen molar-refractivity contribution in [2.75, 3.05) is 6.61 Å². The summed E-state index contributed by atoms with van der Waals surface area (Å²) in [6, 6.07) is 7.98. The minimum Gasteiger partial charge on any atom is -0.461 e. The maximum absolute atomic E-state index is 13.0. The maximum atomic E-state index is 13.0. The smallest absolute Gasteiger partial charge is 0.367 e. The van der Waals surface area contributed by atoms with Crippen molar-refractivity contribution in [1.29, 1.82) is 0 Å². The van der Waals surface area contributed by atoms with Crippen LogP contribution in [0.1, 0.15) is 54.1 Å². The molecule has 0 amide bonds. The van der Waals surface area contributed by atoms with Crippen LogP contribution in [0.25, 0.3) is 10.2 Å². The summed E-state index contributed by atoms with van der Waals surface area (Å²) in [6.07, 6.45) is 1.86. The van der Waals surface area contributed by atoms with Gasteiger partial charge in [0.2, 0.25) is 5.01 Å². The molecule has 0 saturated heterocycles. The molecule has 0 bridgehead atoms. The number of benzene rings is 1. The molecule has 0 aliphatic heterocycles. The number of para-hydroxylation sites is 1. The van der Waals surface area contributed by atoms with Crippen LogP contribution < -0.4 is 0 Å². The zero-order valence-electron chi connectivity index (χ0n) is 16.8. The minimum absolute atomic E-state index is 0.0380. The van der Waals surface area contributed by atoms with Gasteiger partial charge < -0.3 is 9.47 Å². The van der Waals surface area contributed by atoms with Crippen molar-refractivity contribution in [1.82, 2.24) is 9.97 Å². The molecule has 0 atom stereocenters. The lowest BCUT2D eigenvalue weighted by Gasteiger charge is -2.28. The summed E-state index contributed by atoms with van der Waals surface area (Å²) in [5.41, 5.74) is 0.872. The number of fused-ring (bicyclic) bond motifs is 1. The van der Waals surface area contributed by atoms with Crippen LogP contribution >= 0.6 is 22.7 Å². The molecule has 0 unspecified atom stereocenters. The predicted octanol–water partition coefficient (Wildman–Crippen LogP) is 5.02. The summed E-state index contributed by atoms with van der Waals surface area (Å²) in [7, 11) is 0. The van der Waals surface area contributed by atoms with E-state index in [-0.39, 0.29) is 17.6 Å². The Bertz CT molecular complexity index is 958. The molecule has 2 aromatic heterocycles. The van der Waals surface area contributed by atoms with Gasteiger partial charge in [0.25, 0.3) is 0 Å². The van der Waals surface area contributed by atoms with Gasteiger partial charge in [-0.25, -0.2) is 14.8 Å². The van der Waals surface area contributed by atoms with Crippen LogP contribution in [0.4, 0.5) is 0 Å². The highest BCUT2D eigenvalue weighted by Crippen LogP contribution is 2.35. The van der Waals surface area contributed by atoms with Crippen LogP contribution in [0.15, 0.2) is 29.6 Å². The van der Waals surface area contributed by atoms with E-state index in [0.717, 1.165) is 15.2 Å². The Morgan fingerprint density at radius 3 is 2.52 bits per heavy atom. The van der Waals surface area contributed by atoms with Crippen molar-refractivity contribution in [2.45, 2.75) is 46.6 Å². The number of ether oxygens (including phenoxy) is 2. The van der Waals surface area contributed by atoms with Gasteiger partial charge in [0.15, 0.2) is 0 Å². The largest absolute Gasteiger partial charge is 0.461 e. The quantitative estimate of drug-likeness (QED) is 0.442. The molecule has 0 N–H and O–H groups in total. The van der Waals surface area contributed by atoms with Gasteiger partial charge >= 0.3 is 11.9 Å². The second-order valence-corrected chi connectivity index (χ2v) is 8.65. The summed E-state index contributed by atoms with van der Waals surface area (Å²) in [6.45, 7) is 6.08. The Morgan fingerprint density at radius 1 is 1.07 bits per heavy atom. The number of carbonyl (C=O) groups excluding carboxylic acids is 2. The topological polar surface area (TPSA) is 78.4 Å². The van der Waals surface area contributed by atoms with Crippen molar-refractivity contribution < 1.29 is 19.1 Å². The van der Waals surface area contributed by atoms with E-state index in [1.165, 1.54) is 11.3 Å². The van der Waals surface area contributed by atoms with Gasteiger partial charge in [-0.15, -0.1) is 22.7 Å². The van der Waals surface area contributed by atoms with Gasteiger partial charge in [0.05, 0.1) is 32.9 Å². The number of carbonyl (C=O) groups is 2. The number of hydrogen-bond donors (Lipinski definition) is 0. The molecule has 1 aromatic carbocycles. The fourth-order valence-electron chi connectivity index (χ4n) is 3.10. The molecule has 0 aliphatic rings. The van der Waals surface area contributed by atoms with Gasteiger partial charge in [-0.1, -0.05) is 26.0 Å². The van der Waals surface area contributed by atoms with E-state index in [4.69, 9.17) is 9.47 Å². The zero-order valence-corrected chi connectivity index (χ0v) is 18.4. The standard InChI is InChI=1S/C21H24N2O4S2/c1-4-21(5-2,11-17-23-15-9-7-8-10-16(15)29-17)20(25)27-12-14-13-28-18(22-14)19(24)26-6-3/h7-10,13H,4-6,11-12H2,1-3H3. The molecule has 0 saturated carbocycles. The lowest BCUT2D eigenvalue weighted by Crippen LogP contribution is -2.34. The minimum atomic E-state index is -0.631. The molecule has 3 rings (SSSR count). The molecule has 6 nitrogen and oxygen atoms in total. The lowest BCUT2D eigenvalue weighted by atomic mass is 9.79. The monoisotopic (exact) mass is 432 g/mol. The molecule has 8 heteroatoms. The highest BCUT2D eigenvalue weighted by molar-refractivity contribution is 7.18. The number of thiazole rings is 2. The SMILES string of the molecule is CCOC(=O)c1nc(COC(=O)C(CC)(CC)Cc2nc3ccccc3s2)cs1. The fraction of sp³-hybridized carbons (Fsp3) is 0.429. The van der Waals surface area contributed by atoms with Crippen molar-refractivity contribution in [2.24, 2.45) is 5.41 Å². The average molecular weight is 433 g/mol. The maximum Gasteiger partial charge on any atom is 0.367 e. The molecule has 0 aliphatic carbocycles. The summed E-state index contributed by atoms with van der Waals surface area (Å²) in [5.74, 6) is -0.713. The average Bonchev–Trinajstić information content (AvgIpc) is 3.37. The Kier molecular flexibility index (Phi) is 6.97. The summed E-state index contributed by atoms with van der Waals surface area (Å²) in [5, 5.41) is 2.92. The van der Waals surface area contributed by atoms with E-state index < -0.39 is 11.4 Å². The molecule has 154 valence electrons. The fourth-order valence-corrected chi connectivity index (χ4v) is 4.90. The molecular weight excluding hydrogens is 408 g/mol. The molecule has 0 fully saturated rings. The Balaban J connectivity index is 1.69. The van der Waals surface area contributed by atoms with Crippen LogP contribution in [0.2, 0.25) is 0 Å². The first-order valence-corrected chi connectivity index (χ1v) is 11.3. The molecule has 3 aromatic rings. The molecular formula is C21H24N2O4S2. The van der Waals surface area contributed by atoms with Crippen LogP contribution in [0.5, 0.6) is 0 Å². The van der Waals surface area contributed by atoms with Gasteiger partial charge in [-0.05, 0) is 31.9 Å². The highest BCUT2D eigenvalue weighted by Gasteiger charge is 2.38. The Morgan fingerprint density at radius 2 is 1.83 bits per heavy atom. The molecule has 0 radical (unpaired) electrons. The first-order chi connectivity index (χ1) is 14.0. The van der Waals surface area contributed by atoms with Crippen molar-refractivity contribution >= 4 is 44.8 Å². The first-order valence-electron chi connectivity index (χ1n) is 9.64. The third-order valence-corrected chi connectivity index (χ3v) is 6.87. The van der Waals surface area contributed by atoms with Crippen LogP contribution in [-0.4, -0.2) is 28.5 Å². The normalized spacial score (nSPS) is 11.6. The van der Waals surface area contributed by atoms with Gasteiger partial charge in [-0.3, -0.25) is 4.79 Å². The van der Waals surface area contributed by atoms with E-state index in [0.29, 0.717) is 31.6 Å². The summed E-state index contributed by atoms with van der Waals surface area (Å²) in [4.78, 5) is 33.6. The van der Waals surface area contributed by atoms with Gasteiger partial charge in [0, 0.05) is 11.8 Å². The van der Waals surface area contributed by atoms with Crippen LogP contribution in [0.3, 0.4) is 0 Å². The van der Waals surface area contributed by atoms with E-state index in [1.54, 1.807) is 23.6 Å². The predicted molar refractivity (Wildman–Crippen MR) is 114 cm³/mol. The van der Waals surface area contributed by atoms with Crippen LogP contribution in [0, 0.1) is 5.41 Å². The number of aromatic nitrogens is 2. The van der Waals surface area contributed by atoms with E-state index in [1.807, 2.05) is 38.1 Å². The number of hydrogen-bond acceptors (Lipinski definition) is 8. The number of nitrogens with zero attached hydrogens (tertiary/aromatic N) is 2. The molecule has 0 spiro atoms. The number of rotatable bonds is 9. The number of esters is 2. The summed E-state index contributed by atoms with van der Waals surface area (Å²) >= 11 is 2.80. The third-order valence-electron chi connectivity index (χ3n) is 4.97. The van der Waals surface area contributed by atoms with E-state index in [9.17, 15) is 9.59 Å². The molecule has 2 heterocycles. The van der Waals surface area contributed by atoms with Gasteiger partial charge in [0.1, 0.15) is 6.61 Å². The van der Waals surface area contributed by atoms with Crippen LogP contribution in [-0.2, 0) is 27.3 Å². The van der Waals surface area contributed by atoms with Crippen molar-refractivity contribution in [3.05, 3.63) is 45.4 Å². The van der Waals surface area contributed by atoms with E-state index in [2.05, 4.69) is 9.97 Å². The summed E-state index contributed by atoms with van der Waals surface area (Å²) < 4.78 is 11.7. The van der Waals surface area contributed by atoms with Crippen molar-refractivity contribution in [3.8, 4) is 0 Å². The highest BCUT2D eigenvalue weighted by atomic mass is 32.1. The Labute approximate surface area is 177 Å². The lowest BCUT2D eigenvalue weighted by molar-refractivity contribution is -0.158. The Hall–Kier alpha value is -2.32. The first kappa shape index (κ1) is 21.4. The third kappa shape index (κ3) is 4.82. The second kappa shape index (κ2) is 9.45. The van der Waals surface area contributed by atoms with Crippen molar-refractivity contribution in [3.63, 3.8) is 0 Å². The van der Waals surface area contributed by atoms with Gasteiger partial charge in [-0.2, -0.15) is 0 Å². The van der Waals surface area contributed by atoms with E-state index >= 15 is 0 Å². The zero-order chi connectivity index (χ0) is 20.9. The second-order valence-electron chi connectivity index (χ2n) is 6.68. The molecule has 29 heavy (non-hydrogen) atoms.